The van der Waals surface area contributed by atoms with E-state index >= 15 is 0 Å². The third-order valence-corrected chi connectivity index (χ3v) is 4.96. The summed E-state index contributed by atoms with van der Waals surface area (Å²) < 4.78 is 10.6. The standard InChI is InChI=1S/C17H25N3O4/c1-23-11-13-3-4-15(24-13)17(22)19-8-6-14-12(10-19)2-5-16(21)20(14)9-7-18/h3-4,12,14H,2,5-11,18H2,1H3. The van der Waals surface area contributed by atoms with Crippen LogP contribution < -0.4 is 5.73 Å². The number of furan rings is 1. The minimum absolute atomic E-state index is 0.0851. The minimum atomic E-state index is -0.0851. The lowest BCUT2D eigenvalue weighted by atomic mass is 9.83. The molecule has 7 heteroatoms. The lowest BCUT2D eigenvalue weighted by Crippen LogP contribution is -2.57. The molecule has 2 aliphatic heterocycles. The SMILES string of the molecule is COCc1ccc(C(=O)N2CCC3C(CCC(=O)N3CCN)C2)o1. The van der Waals surface area contributed by atoms with Crippen molar-refractivity contribution in [2.24, 2.45) is 11.7 Å². The summed E-state index contributed by atoms with van der Waals surface area (Å²) >= 11 is 0. The van der Waals surface area contributed by atoms with Gasteiger partial charge in [0.25, 0.3) is 5.91 Å². The molecule has 0 aromatic carbocycles. The number of methoxy groups -OCH3 is 1. The first-order valence-electron chi connectivity index (χ1n) is 8.50. The molecule has 2 unspecified atom stereocenters. The fourth-order valence-electron chi connectivity index (χ4n) is 3.83. The van der Waals surface area contributed by atoms with Crippen LogP contribution >= 0.6 is 0 Å². The van der Waals surface area contributed by atoms with E-state index in [1.165, 1.54) is 0 Å². The Kier molecular flexibility index (Phi) is 5.20. The highest BCUT2D eigenvalue weighted by atomic mass is 16.5. The van der Waals surface area contributed by atoms with E-state index in [9.17, 15) is 9.59 Å². The number of ether oxygens (including phenoxy) is 1. The van der Waals surface area contributed by atoms with Crippen LogP contribution in [-0.2, 0) is 16.1 Å². The smallest absolute Gasteiger partial charge is 0.289 e. The fraction of sp³-hybridized carbons (Fsp3) is 0.647. The van der Waals surface area contributed by atoms with Gasteiger partial charge in [0.05, 0.1) is 0 Å². The predicted molar refractivity (Wildman–Crippen MR) is 87.2 cm³/mol. The summed E-state index contributed by atoms with van der Waals surface area (Å²) in [6.45, 7) is 2.74. The number of piperidine rings is 2. The van der Waals surface area contributed by atoms with E-state index in [1.807, 2.05) is 9.80 Å². The molecule has 0 aliphatic carbocycles. The molecular formula is C17H25N3O4. The van der Waals surface area contributed by atoms with Crippen LogP contribution in [0.3, 0.4) is 0 Å². The van der Waals surface area contributed by atoms with E-state index in [0.717, 1.165) is 12.8 Å². The first-order chi connectivity index (χ1) is 11.6. The molecule has 2 N–H and O–H groups in total. The number of likely N-dealkylation sites (tertiary alicyclic amines) is 2. The zero-order chi connectivity index (χ0) is 17.1. The van der Waals surface area contributed by atoms with Gasteiger partial charge in [0.2, 0.25) is 5.91 Å². The highest BCUT2D eigenvalue weighted by Gasteiger charge is 2.40. The number of carbonyl (C=O) groups is 2. The summed E-state index contributed by atoms with van der Waals surface area (Å²) in [6.07, 6.45) is 2.18. The third kappa shape index (κ3) is 3.32. The van der Waals surface area contributed by atoms with Crippen LogP contribution in [0.5, 0.6) is 0 Å². The van der Waals surface area contributed by atoms with Gasteiger partial charge < -0.3 is 24.7 Å². The fourth-order valence-corrected chi connectivity index (χ4v) is 3.83. The maximum Gasteiger partial charge on any atom is 0.289 e. The second-order valence-corrected chi connectivity index (χ2v) is 6.48. The van der Waals surface area contributed by atoms with E-state index < -0.39 is 0 Å². The molecule has 24 heavy (non-hydrogen) atoms. The van der Waals surface area contributed by atoms with Gasteiger partial charge in [0.15, 0.2) is 5.76 Å². The summed E-state index contributed by atoms with van der Waals surface area (Å²) in [5.74, 6) is 1.43. The molecule has 3 rings (SSSR count). The van der Waals surface area contributed by atoms with Crippen molar-refractivity contribution in [3.8, 4) is 0 Å². The Bertz CT molecular complexity index is 600. The van der Waals surface area contributed by atoms with E-state index in [1.54, 1.807) is 19.2 Å². The first-order valence-corrected chi connectivity index (χ1v) is 8.50. The quantitative estimate of drug-likeness (QED) is 0.861. The van der Waals surface area contributed by atoms with Crippen molar-refractivity contribution in [1.82, 2.24) is 9.80 Å². The van der Waals surface area contributed by atoms with Crippen LogP contribution in [0.2, 0.25) is 0 Å². The normalized spacial score (nSPS) is 24.2. The maximum atomic E-state index is 12.7. The number of fused-ring (bicyclic) bond motifs is 1. The third-order valence-electron chi connectivity index (χ3n) is 4.96. The first kappa shape index (κ1) is 17.0. The van der Waals surface area contributed by atoms with Crippen LogP contribution in [0.25, 0.3) is 0 Å². The number of hydrogen-bond donors (Lipinski definition) is 1. The number of amides is 2. The Balaban J connectivity index is 1.66. The summed E-state index contributed by atoms with van der Waals surface area (Å²) in [5.41, 5.74) is 5.64. The van der Waals surface area contributed by atoms with E-state index in [4.69, 9.17) is 14.9 Å². The zero-order valence-electron chi connectivity index (χ0n) is 14.1. The molecule has 0 bridgehead atoms. The molecule has 2 aliphatic rings. The number of carbonyl (C=O) groups excluding carboxylic acids is 2. The van der Waals surface area contributed by atoms with Crippen molar-refractivity contribution in [2.45, 2.75) is 31.9 Å². The summed E-state index contributed by atoms with van der Waals surface area (Å²) in [4.78, 5) is 28.5. The molecule has 0 spiro atoms. The minimum Gasteiger partial charge on any atom is -0.453 e. The topological polar surface area (TPSA) is 89.0 Å². The van der Waals surface area contributed by atoms with Crippen molar-refractivity contribution in [3.63, 3.8) is 0 Å². The van der Waals surface area contributed by atoms with Crippen molar-refractivity contribution in [2.75, 3.05) is 33.3 Å². The Morgan fingerprint density at radius 1 is 1.42 bits per heavy atom. The Morgan fingerprint density at radius 3 is 3.00 bits per heavy atom. The molecule has 7 nitrogen and oxygen atoms in total. The Labute approximate surface area is 141 Å². The van der Waals surface area contributed by atoms with Crippen LogP contribution in [0.4, 0.5) is 0 Å². The molecule has 2 amide bonds. The van der Waals surface area contributed by atoms with Gasteiger partial charge in [0, 0.05) is 45.8 Å². The number of nitrogens with zero attached hydrogens (tertiary/aromatic N) is 2. The molecule has 2 atom stereocenters. The number of hydrogen-bond acceptors (Lipinski definition) is 5. The summed E-state index contributed by atoms with van der Waals surface area (Å²) in [5, 5.41) is 0. The van der Waals surface area contributed by atoms with Gasteiger partial charge in [-0.05, 0) is 30.9 Å². The monoisotopic (exact) mass is 335 g/mol. The van der Waals surface area contributed by atoms with Gasteiger partial charge in [-0.25, -0.2) is 0 Å². The van der Waals surface area contributed by atoms with Crippen molar-refractivity contribution in [1.29, 1.82) is 0 Å². The van der Waals surface area contributed by atoms with E-state index in [-0.39, 0.29) is 17.9 Å². The molecule has 1 aromatic heterocycles. The molecular weight excluding hydrogens is 310 g/mol. The maximum absolute atomic E-state index is 12.7. The predicted octanol–water partition coefficient (Wildman–Crippen LogP) is 0.838. The van der Waals surface area contributed by atoms with Crippen LogP contribution in [0.1, 0.15) is 35.6 Å². The lowest BCUT2D eigenvalue weighted by Gasteiger charge is -2.46. The molecule has 2 fully saturated rings. The highest BCUT2D eigenvalue weighted by Crippen LogP contribution is 2.31. The lowest BCUT2D eigenvalue weighted by molar-refractivity contribution is -0.140. The highest BCUT2D eigenvalue weighted by molar-refractivity contribution is 5.91. The second kappa shape index (κ2) is 7.36. The van der Waals surface area contributed by atoms with Crippen LogP contribution in [-0.4, -0.2) is 60.9 Å². The Hall–Kier alpha value is -1.86. The second-order valence-electron chi connectivity index (χ2n) is 6.48. The van der Waals surface area contributed by atoms with Gasteiger partial charge in [-0.1, -0.05) is 0 Å². The molecule has 2 saturated heterocycles. The average molecular weight is 335 g/mol. The number of rotatable bonds is 5. The van der Waals surface area contributed by atoms with Crippen molar-refractivity contribution < 1.29 is 18.7 Å². The van der Waals surface area contributed by atoms with Crippen molar-refractivity contribution >= 4 is 11.8 Å². The average Bonchev–Trinajstić information content (AvgIpc) is 3.05. The van der Waals surface area contributed by atoms with Crippen LogP contribution in [0, 0.1) is 5.92 Å². The summed E-state index contributed by atoms with van der Waals surface area (Å²) in [7, 11) is 1.59. The Morgan fingerprint density at radius 2 is 2.25 bits per heavy atom. The summed E-state index contributed by atoms with van der Waals surface area (Å²) in [6, 6.07) is 3.68. The van der Waals surface area contributed by atoms with E-state index in [0.29, 0.717) is 56.6 Å². The molecule has 0 radical (unpaired) electrons. The molecule has 132 valence electrons. The number of nitrogens with two attached hydrogens (primary N) is 1. The molecule has 3 heterocycles. The zero-order valence-corrected chi connectivity index (χ0v) is 14.1. The van der Waals surface area contributed by atoms with Gasteiger partial charge in [-0.15, -0.1) is 0 Å². The van der Waals surface area contributed by atoms with Gasteiger partial charge in [0.1, 0.15) is 12.4 Å². The largest absolute Gasteiger partial charge is 0.453 e. The van der Waals surface area contributed by atoms with Gasteiger partial charge >= 0.3 is 0 Å². The van der Waals surface area contributed by atoms with Crippen LogP contribution in [0.15, 0.2) is 16.5 Å². The van der Waals surface area contributed by atoms with Crippen molar-refractivity contribution in [3.05, 3.63) is 23.7 Å². The molecule has 1 aromatic rings. The van der Waals surface area contributed by atoms with Gasteiger partial charge in [-0.2, -0.15) is 0 Å². The van der Waals surface area contributed by atoms with E-state index in [2.05, 4.69) is 0 Å². The molecule has 0 saturated carbocycles. The van der Waals surface area contributed by atoms with Gasteiger partial charge in [-0.3, -0.25) is 9.59 Å².